The van der Waals surface area contributed by atoms with Crippen LogP contribution in [0.2, 0.25) is 0 Å². The van der Waals surface area contributed by atoms with Crippen molar-refractivity contribution in [3.05, 3.63) is 29.3 Å². The zero-order valence-electron chi connectivity index (χ0n) is 11.7. The summed E-state index contributed by atoms with van der Waals surface area (Å²) >= 11 is 0. The van der Waals surface area contributed by atoms with Gasteiger partial charge in [-0.25, -0.2) is 0 Å². The fourth-order valence-corrected chi connectivity index (χ4v) is 1.53. The van der Waals surface area contributed by atoms with Crippen LogP contribution in [0.15, 0.2) is 18.2 Å². The van der Waals surface area contributed by atoms with E-state index in [0.717, 1.165) is 0 Å². The van der Waals surface area contributed by atoms with Crippen LogP contribution in [-0.2, 0) is 21.9 Å². The number of benzene rings is 1. The smallest absolute Gasteiger partial charge is 0.348 e. The largest absolute Gasteiger partial charge is 0.416 e. The molecule has 1 aromatic carbocycles. The first-order valence-corrected chi connectivity index (χ1v) is 6.33. The molecule has 23 heavy (non-hydrogen) atoms. The second-order valence-electron chi connectivity index (χ2n) is 4.50. The molecule has 0 saturated carbocycles. The molecule has 4 nitrogen and oxygen atoms in total. The zero-order valence-corrected chi connectivity index (χ0v) is 11.7. The van der Waals surface area contributed by atoms with Crippen molar-refractivity contribution in [1.82, 2.24) is 5.32 Å². The zero-order chi connectivity index (χ0) is 17.8. The molecule has 0 aliphatic heterocycles. The van der Waals surface area contributed by atoms with E-state index in [1.165, 1.54) is 0 Å². The van der Waals surface area contributed by atoms with Crippen molar-refractivity contribution in [2.75, 3.05) is 11.9 Å². The first kappa shape index (κ1) is 18.8. The van der Waals surface area contributed by atoms with E-state index in [1.807, 2.05) is 0 Å². The van der Waals surface area contributed by atoms with Crippen LogP contribution >= 0.6 is 0 Å². The van der Waals surface area contributed by atoms with Crippen molar-refractivity contribution < 1.29 is 35.9 Å². The first-order chi connectivity index (χ1) is 10.4. The number of alkyl halides is 6. The number of nitrogens with one attached hydrogen (secondary N) is 2. The van der Waals surface area contributed by atoms with Crippen molar-refractivity contribution in [3.63, 3.8) is 0 Å². The molecule has 0 atom stereocenters. The molecule has 1 rings (SSSR count). The van der Waals surface area contributed by atoms with Gasteiger partial charge in [0.1, 0.15) is 0 Å². The molecular weight excluding hydrogens is 330 g/mol. The molecule has 10 heteroatoms. The summed E-state index contributed by atoms with van der Waals surface area (Å²) in [7, 11) is 0. The number of halogens is 6. The fourth-order valence-electron chi connectivity index (χ4n) is 1.53. The molecule has 0 aromatic heterocycles. The lowest BCUT2D eigenvalue weighted by Gasteiger charge is -2.14. The first-order valence-electron chi connectivity index (χ1n) is 6.33. The van der Waals surface area contributed by atoms with E-state index < -0.39 is 41.0 Å². The molecule has 2 amide bonds. The Bertz CT molecular complexity index is 563. The lowest BCUT2D eigenvalue weighted by Crippen LogP contribution is -2.35. The third-order valence-corrected chi connectivity index (χ3v) is 2.59. The molecule has 0 radical (unpaired) electrons. The predicted molar refractivity (Wildman–Crippen MR) is 68.4 cm³/mol. The second-order valence-corrected chi connectivity index (χ2v) is 4.50. The van der Waals surface area contributed by atoms with Crippen LogP contribution < -0.4 is 10.6 Å². The van der Waals surface area contributed by atoms with Crippen molar-refractivity contribution in [3.8, 4) is 0 Å². The van der Waals surface area contributed by atoms with Crippen molar-refractivity contribution in [1.29, 1.82) is 0 Å². The highest BCUT2D eigenvalue weighted by Gasteiger charge is 2.37. The van der Waals surface area contributed by atoms with Crippen LogP contribution in [0.5, 0.6) is 0 Å². The highest BCUT2D eigenvalue weighted by Crippen LogP contribution is 2.37. The van der Waals surface area contributed by atoms with Crippen molar-refractivity contribution >= 4 is 17.5 Å². The summed E-state index contributed by atoms with van der Waals surface area (Å²) < 4.78 is 75.8. The maximum absolute atomic E-state index is 12.6. The molecule has 1 aromatic rings. The standard InChI is InChI=1S/C13H12F6N2O2/c1-2-3-20-10(22)11(23)21-9-5-7(12(14,15)16)4-8(6-9)13(17,18)19/h4-6H,2-3H2,1H3,(H,20,22)(H,21,23). The van der Waals surface area contributed by atoms with Crippen LogP contribution in [0.3, 0.4) is 0 Å². The van der Waals surface area contributed by atoms with Crippen LogP contribution in [0.25, 0.3) is 0 Å². The van der Waals surface area contributed by atoms with E-state index in [4.69, 9.17) is 0 Å². The summed E-state index contributed by atoms with van der Waals surface area (Å²) in [4.78, 5) is 22.8. The lowest BCUT2D eigenvalue weighted by molar-refractivity contribution is -0.143. The Morgan fingerprint density at radius 3 is 1.78 bits per heavy atom. The predicted octanol–water partition coefficient (Wildman–Crippen LogP) is 3.19. The molecular formula is C13H12F6N2O2. The number of hydrogen-bond acceptors (Lipinski definition) is 2. The van der Waals surface area contributed by atoms with E-state index in [1.54, 1.807) is 12.2 Å². The third-order valence-electron chi connectivity index (χ3n) is 2.59. The van der Waals surface area contributed by atoms with E-state index in [0.29, 0.717) is 18.6 Å². The number of rotatable bonds is 3. The second kappa shape index (κ2) is 6.88. The van der Waals surface area contributed by atoms with Gasteiger partial charge in [0.2, 0.25) is 0 Å². The minimum Gasteiger partial charge on any atom is -0.348 e. The summed E-state index contributed by atoms with van der Waals surface area (Å²) in [6.07, 6.45) is -9.57. The Morgan fingerprint density at radius 1 is 0.913 bits per heavy atom. The maximum Gasteiger partial charge on any atom is 0.416 e. The van der Waals surface area contributed by atoms with Crippen LogP contribution in [0.4, 0.5) is 32.0 Å². The number of hydrogen-bond donors (Lipinski definition) is 2. The van der Waals surface area contributed by atoms with E-state index in [2.05, 4.69) is 5.32 Å². The third kappa shape index (κ3) is 5.46. The molecule has 0 spiro atoms. The van der Waals surface area contributed by atoms with Gasteiger partial charge in [-0.05, 0) is 24.6 Å². The van der Waals surface area contributed by atoms with E-state index in [9.17, 15) is 35.9 Å². The number of carbonyl (C=O) groups is 2. The van der Waals surface area contributed by atoms with Gasteiger partial charge in [-0.3, -0.25) is 9.59 Å². The monoisotopic (exact) mass is 342 g/mol. The average molecular weight is 342 g/mol. The maximum atomic E-state index is 12.6. The summed E-state index contributed by atoms with van der Waals surface area (Å²) in [5, 5.41) is 3.87. The van der Waals surface area contributed by atoms with Crippen molar-refractivity contribution in [2.24, 2.45) is 0 Å². The van der Waals surface area contributed by atoms with Gasteiger partial charge in [-0.2, -0.15) is 26.3 Å². The normalized spacial score (nSPS) is 12.0. The minimum atomic E-state index is -5.04. The van der Waals surface area contributed by atoms with Crippen LogP contribution in [0.1, 0.15) is 24.5 Å². The molecule has 0 aliphatic carbocycles. The van der Waals surface area contributed by atoms with Gasteiger partial charge in [0.15, 0.2) is 0 Å². The Morgan fingerprint density at radius 2 is 1.39 bits per heavy atom. The van der Waals surface area contributed by atoms with Gasteiger partial charge in [-0.15, -0.1) is 0 Å². The Balaban J connectivity index is 3.11. The Labute approximate surface area is 126 Å². The molecule has 0 saturated heterocycles. The lowest BCUT2D eigenvalue weighted by atomic mass is 10.1. The SMILES string of the molecule is CCCNC(=O)C(=O)Nc1cc(C(F)(F)F)cc(C(F)(F)F)c1. The number of anilines is 1. The summed E-state index contributed by atoms with van der Waals surface area (Å²) in [5.41, 5.74) is -3.95. The average Bonchev–Trinajstić information content (AvgIpc) is 2.42. The Hall–Kier alpha value is -2.26. The Kier molecular flexibility index (Phi) is 5.62. The molecule has 0 unspecified atom stereocenters. The molecule has 128 valence electrons. The van der Waals surface area contributed by atoms with Crippen molar-refractivity contribution in [2.45, 2.75) is 25.7 Å². The van der Waals surface area contributed by atoms with Gasteiger partial charge in [0, 0.05) is 12.2 Å². The minimum absolute atomic E-state index is 0.0766. The summed E-state index contributed by atoms with van der Waals surface area (Å²) in [6.45, 7) is 1.84. The summed E-state index contributed by atoms with van der Waals surface area (Å²) in [6, 6.07) is 0.563. The number of carbonyl (C=O) groups excluding carboxylic acids is 2. The molecule has 0 fully saturated rings. The van der Waals surface area contributed by atoms with Gasteiger partial charge < -0.3 is 10.6 Å². The van der Waals surface area contributed by atoms with Gasteiger partial charge in [0.25, 0.3) is 0 Å². The molecule has 0 bridgehead atoms. The number of amides is 2. The van der Waals surface area contributed by atoms with E-state index >= 15 is 0 Å². The van der Waals surface area contributed by atoms with Gasteiger partial charge in [-0.1, -0.05) is 6.92 Å². The van der Waals surface area contributed by atoms with Crippen LogP contribution in [0, 0.1) is 0 Å². The molecule has 2 N–H and O–H groups in total. The summed E-state index contributed by atoms with van der Waals surface area (Å²) in [5.74, 6) is -2.51. The molecule has 0 heterocycles. The molecule has 0 aliphatic rings. The van der Waals surface area contributed by atoms with Gasteiger partial charge >= 0.3 is 24.2 Å². The highest BCUT2D eigenvalue weighted by molar-refractivity contribution is 6.39. The highest BCUT2D eigenvalue weighted by atomic mass is 19.4. The van der Waals surface area contributed by atoms with Gasteiger partial charge in [0.05, 0.1) is 11.1 Å². The topological polar surface area (TPSA) is 58.2 Å². The quantitative estimate of drug-likeness (QED) is 0.655. The van der Waals surface area contributed by atoms with Crippen LogP contribution in [-0.4, -0.2) is 18.4 Å². The van der Waals surface area contributed by atoms with E-state index in [-0.39, 0.29) is 12.6 Å². The fraction of sp³-hybridized carbons (Fsp3) is 0.385.